The number of halogens is 3. The molecule has 0 aliphatic heterocycles. The molecule has 0 heterocycles. The molecule has 9 heteroatoms. The maximum Gasteiger partial charge on any atom is 1.00 e. The molecule has 0 saturated carbocycles. The third kappa shape index (κ3) is 3.38. The molecule has 0 fully saturated rings. The van der Waals surface area contributed by atoms with Crippen LogP contribution in [0, 0.1) is 0 Å². The Bertz CT molecular complexity index is 251. The predicted molar refractivity (Wildman–Crippen MR) is 23.7 cm³/mol. The molecule has 0 atom stereocenters. The summed E-state index contributed by atoms with van der Waals surface area (Å²) in [4.78, 5) is 9.30. The average molecular weight is 218 g/mol. The Balaban J connectivity index is -0.000000405. The van der Waals surface area contributed by atoms with E-state index in [0.717, 1.165) is 0 Å². The summed E-state index contributed by atoms with van der Waals surface area (Å²) in [7, 11) is -6.33. The zero-order valence-corrected chi connectivity index (χ0v) is 9.15. The number of hydrogen-bond donors (Lipinski definition) is 1. The van der Waals surface area contributed by atoms with Crippen LogP contribution in [0.2, 0.25) is 0 Å². The number of carboxylic acids is 1. The van der Waals surface area contributed by atoms with E-state index < -0.39 is 21.4 Å². The third-order valence-electron chi connectivity index (χ3n) is 0.555. The molecule has 4 nitrogen and oxygen atoms in total. The third-order valence-corrected chi connectivity index (χ3v) is 1.34. The monoisotopic (exact) mass is 218 g/mol. The molecule has 0 radical (unpaired) electrons. The van der Waals surface area contributed by atoms with Crippen LogP contribution in [0.1, 0.15) is 1.43 Å². The first-order valence-corrected chi connectivity index (χ1v) is 3.13. The molecule has 0 unspecified atom stereocenters. The Kier molecular flexibility index (Phi) is 5.47. The van der Waals surface area contributed by atoms with Crippen LogP contribution in [0.3, 0.4) is 0 Å². The van der Waals surface area contributed by atoms with Crippen LogP contribution in [-0.2, 0) is 15.0 Å². The maximum atomic E-state index is 11.5. The van der Waals surface area contributed by atoms with Gasteiger partial charge < -0.3 is 6.53 Å². The molecule has 0 saturated heterocycles. The first-order chi connectivity index (χ1) is 4.19. The molecule has 0 spiro atoms. The summed E-state index contributed by atoms with van der Waals surface area (Å²) in [5, 5.41) is 2.07. The van der Waals surface area contributed by atoms with Crippen LogP contribution in [0.5, 0.6) is 0 Å². The van der Waals surface area contributed by atoms with Gasteiger partial charge in [-0.25, -0.2) is 4.79 Å². The fourth-order valence-corrected chi connectivity index (χ4v) is 0.313. The molecule has 0 rings (SSSR count). The normalized spacial score (nSPS) is 11.9. The van der Waals surface area contributed by atoms with Crippen molar-refractivity contribution in [3.63, 3.8) is 0 Å². The van der Waals surface area contributed by atoms with Gasteiger partial charge >= 0.3 is 72.8 Å². The molecule has 0 bridgehead atoms. The first-order valence-electron chi connectivity index (χ1n) is 1.75. The number of carboxylic acid groups (broad SMARTS) is 1. The molecule has 62 valence electrons. The van der Waals surface area contributed by atoms with E-state index in [4.69, 9.17) is 5.11 Å². The molecule has 1 N–H and O–H groups in total. The quantitative estimate of drug-likeness (QED) is 0.398. The van der Waals surface area contributed by atoms with Crippen LogP contribution in [0.25, 0.3) is 0 Å². The van der Waals surface area contributed by atoms with Crippen molar-refractivity contribution >= 4 is 16.2 Å². The topological polar surface area (TPSA) is 71.4 Å². The van der Waals surface area contributed by atoms with E-state index in [9.17, 15) is 25.9 Å². The molecule has 0 aromatic heterocycles. The van der Waals surface area contributed by atoms with Gasteiger partial charge in [0.25, 0.3) is 0 Å². The van der Waals surface area contributed by atoms with Gasteiger partial charge in [0.05, 0.1) is 0 Å². The summed E-state index contributed by atoms with van der Waals surface area (Å²) < 4.78 is 52.8. The van der Waals surface area contributed by atoms with E-state index in [1.165, 1.54) is 0 Å². The van der Waals surface area contributed by atoms with Gasteiger partial charge in [-0.15, -0.1) is 0 Å². The largest absolute Gasteiger partial charge is 1.00 e. The van der Waals surface area contributed by atoms with E-state index in [2.05, 4.69) is 0 Å². The second-order valence-electron chi connectivity index (χ2n) is 1.26. The number of aliphatic carboxylic acids is 1. The van der Waals surface area contributed by atoms with Crippen molar-refractivity contribution < 1.29 is 83.8 Å². The summed E-state index contributed by atoms with van der Waals surface area (Å²) in [6.07, 6.45) is 0. The van der Waals surface area contributed by atoms with Crippen molar-refractivity contribution in [1.82, 2.24) is 0 Å². The SMILES string of the molecule is O=C(O)C(F)(F)S(=O)(=O)F.[H-].[K+]. The Labute approximate surface area is 104 Å². The van der Waals surface area contributed by atoms with Gasteiger partial charge in [-0.1, -0.05) is 3.89 Å². The van der Waals surface area contributed by atoms with E-state index in [1.54, 1.807) is 0 Å². The fraction of sp³-hybridized carbons (Fsp3) is 0.500. The van der Waals surface area contributed by atoms with Crippen molar-refractivity contribution in [2.45, 2.75) is 5.25 Å². The van der Waals surface area contributed by atoms with Crippen molar-refractivity contribution in [2.75, 3.05) is 0 Å². The molecule has 0 amide bonds. The minimum absolute atomic E-state index is 0. The predicted octanol–water partition coefficient (Wildman–Crippen LogP) is -2.92. The summed E-state index contributed by atoms with van der Waals surface area (Å²) in [5.74, 6) is -3.03. The van der Waals surface area contributed by atoms with Gasteiger partial charge in [0, 0.05) is 0 Å². The summed E-state index contributed by atoms with van der Waals surface area (Å²) >= 11 is 0. The number of rotatable bonds is 2. The van der Waals surface area contributed by atoms with Crippen molar-refractivity contribution in [3.05, 3.63) is 0 Å². The van der Waals surface area contributed by atoms with Crippen LogP contribution in [0.15, 0.2) is 0 Å². The van der Waals surface area contributed by atoms with E-state index in [1.807, 2.05) is 0 Å². The molecule has 0 aromatic rings. The van der Waals surface area contributed by atoms with Gasteiger partial charge in [0.2, 0.25) is 0 Å². The standard InChI is InChI=1S/C2HF3O4S.K.H/c3-2(4,1(6)7)10(5,8)9;;/h(H,6,7);;/q;+1;-1. The molecule has 0 aliphatic carbocycles. The molecule has 0 aliphatic rings. The van der Waals surface area contributed by atoms with Gasteiger partial charge in [0.15, 0.2) is 0 Å². The maximum absolute atomic E-state index is 11.5. The Morgan fingerprint density at radius 3 is 1.73 bits per heavy atom. The summed E-state index contributed by atoms with van der Waals surface area (Å²) in [6, 6.07) is 0. The number of alkyl halides is 2. The van der Waals surface area contributed by atoms with Gasteiger partial charge in [-0.3, -0.25) is 0 Å². The summed E-state index contributed by atoms with van der Waals surface area (Å²) in [5.41, 5.74) is 0. The zero-order valence-electron chi connectivity index (χ0n) is 6.21. The van der Waals surface area contributed by atoms with Crippen LogP contribution < -0.4 is 51.4 Å². The van der Waals surface area contributed by atoms with E-state index in [0.29, 0.717) is 0 Å². The van der Waals surface area contributed by atoms with Gasteiger partial charge in [-0.05, 0) is 0 Å². The smallest absolute Gasteiger partial charge is 1.00 e. The van der Waals surface area contributed by atoms with Gasteiger partial charge in [0.1, 0.15) is 0 Å². The molecular formula is C2H2F3KO4S. The summed E-state index contributed by atoms with van der Waals surface area (Å²) in [6.45, 7) is 0. The second kappa shape index (κ2) is 4.19. The van der Waals surface area contributed by atoms with E-state index in [-0.39, 0.29) is 52.8 Å². The number of hydrogen-bond acceptors (Lipinski definition) is 3. The van der Waals surface area contributed by atoms with Crippen LogP contribution in [0.4, 0.5) is 12.7 Å². The Morgan fingerprint density at radius 1 is 1.45 bits per heavy atom. The number of carbonyl (C=O) groups is 1. The van der Waals surface area contributed by atoms with Crippen molar-refractivity contribution in [3.8, 4) is 0 Å². The minimum Gasteiger partial charge on any atom is -1.00 e. The zero-order chi connectivity index (χ0) is 8.58. The van der Waals surface area contributed by atoms with E-state index >= 15 is 0 Å². The van der Waals surface area contributed by atoms with Crippen molar-refractivity contribution in [2.24, 2.45) is 0 Å². The van der Waals surface area contributed by atoms with Gasteiger partial charge in [-0.2, -0.15) is 17.2 Å². The fourth-order valence-electron chi connectivity index (χ4n) is 0.104. The minimum atomic E-state index is -6.33. The first kappa shape index (κ1) is 14.4. The van der Waals surface area contributed by atoms with Crippen LogP contribution >= 0.6 is 0 Å². The van der Waals surface area contributed by atoms with Crippen molar-refractivity contribution in [1.29, 1.82) is 0 Å². The molecular weight excluding hydrogens is 216 g/mol. The Hall–Kier alpha value is 0.846. The Morgan fingerprint density at radius 2 is 1.73 bits per heavy atom. The molecule has 0 aromatic carbocycles. The average Bonchev–Trinajstić information content (AvgIpc) is 1.62. The molecule has 11 heavy (non-hydrogen) atoms. The van der Waals surface area contributed by atoms with Crippen LogP contribution in [-0.4, -0.2) is 24.7 Å². The second-order valence-corrected chi connectivity index (χ2v) is 2.65.